The first-order chi connectivity index (χ1) is 14.0. The molecule has 4 aromatic rings. The maximum absolute atomic E-state index is 12.6. The number of aliphatic hydroxyl groups excluding tert-OH is 1. The number of nitrogens with zero attached hydrogens (tertiary/aromatic N) is 3. The first-order valence-electron chi connectivity index (χ1n) is 8.90. The highest BCUT2D eigenvalue weighted by Crippen LogP contribution is 2.31. The topological polar surface area (TPSA) is 122 Å². The monoisotopic (exact) mass is 393 g/mol. The molecule has 3 aromatic heterocycles. The smallest absolute Gasteiger partial charge is 0.330 e. The molecule has 0 fully saturated rings. The van der Waals surface area contributed by atoms with Crippen molar-refractivity contribution in [1.82, 2.24) is 24.8 Å². The van der Waals surface area contributed by atoms with Gasteiger partial charge in [0.1, 0.15) is 5.52 Å². The number of methoxy groups -OCH3 is 1. The van der Waals surface area contributed by atoms with E-state index < -0.39 is 24.5 Å². The van der Waals surface area contributed by atoms with E-state index in [-0.39, 0.29) is 0 Å². The van der Waals surface area contributed by atoms with Gasteiger partial charge in [-0.3, -0.25) is 9.78 Å². The van der Waals surface area contributed by atoms with Gasteiger partial charge in [-0.15, -0.1) is 0 Å². The number of nitrogens with one attached hydrogen (secondary N) is 2. The molecule has 0 bridgehead atoms. The van der Waals surface area contributed by atoms with Gasteiger partial charge in [0.25, 0.3) is 5.91 Å². The van der Waals surface area contributed by atoms with Crippen molar-refractivity contribution in [1.29, 1.82) is 0 Å². The van der Waals surface area contributed by atoms with Crippen molar-refractivity contribution in [2.24, 2.45) is 7.05 Å². The third-order valence-electron chi connectivity index (χ3n) is 4.78. The molecule has 3 N–H and O–H groups in total. The van der Waals surface area contributed by atoms with E-state index in [4.69, 9.17) is 0 Å². The van der Waals surface area contributed by atoms with Gasteiger partial charge in [-0.2, -0.15) is 0 Å². The molecule has 1 aromatic carbocycles. The molecule has 0 aliphatic rings. The number of aryl methyl sites for hydroxylation is 1. The molecule has 0 saturated carbocycles. The van der Waals surface area contributed by atoms with E-state index in [1.807, 2.05) is 29.9 Å². The SMILES string of the molecule is COC(=O)C(CO)NC(=O)c1ccc2c(c1)c(-c1cc3nccnc3[nH]1)cn2C. The van der Waals surface area contributed by atoms with Crippen LogP contribution in [0.15, 0.2) is 42.9 Å². The second kappa shape index (κ2) is 7.36. The van der Waals surface area contributed by atoms with Crippen molar-refractivity contribution in [3.63, 3.8) is 0 Å². The zero-order valence-corrected chi connectivity index (χ0v) is 15.8. The van der Waals surface area contributed by atoms with Crippen LogP contribution in [0.5, 0.6) is 0 Å². The minimum atomic E-state index is -1.12. The minimum absolute atomic E-state index is 0.361. The number of hydrogen-bond acceptors (Lipinski definition) is 6. The maximum Gasteiger partial charge on any atom is 0.330 e. The van der Waals surface area contributed by atoms with E-state index in [0.717, 1.165) is 27.7 Å². The highest BCUT2D eigenvalue weighted by molar-refractivity contribution is 6.04. The molecule has 1 unspecified atom stereocenters. The summed E-state index contributed by atoms with van der Waals surface area (Å²) in [6, 6.07) is 6.03. The average Bonchev–Trinajstić information content (AvgIpc) is 3.31. The van der Waals surface area contributed by atoms with E-state index >= 15 is 0 Å². The lowest BCUT2D eigenvalue weighted by molar-refractivity contribution is -0.143. The molecule has 0 saturated heterocycles. The number of carbonyl (C=O) groups excluding carboxylic acids is 2. The summed E-state index contributed by atoms with van der Waals surface area (Å²) >= 11 is 0. The summed E-state index contributed by atoms with van der Waals surface area (Å²) in [5.41, 5.74) is 4.44. The lowest BCUT2D eigenvalue weighted by Crippen LogP contribution is -2.44. The Morgan fingerprint density at radius 3 is 2.79 bits per heavy atom. The zero-order chi connectivity index (χ0) is 20.5. The molecule has 0 aliphatic heterocycles. The molecule has 148 valence electrons. The van der Waals surface area contributed by atoms with E-state index in [0.29, 0.717) is 11.2 Å². The first kappa shape index (κ1) is 18.6. The number of esters is 1. The molecule has 0 spiro atoms. The number of H-pyrrole nitrogens is 1. The molecule has 3 heterocycles. The van der Waals surface area contributed by atoms with Crippen molar-refractivity contribution in [3.05, 3.63) is 48.4 Å². The molecule has 29 heavy (non-hydrogen) atoms. The van der Waals surface area contributed by atoms with Gasteiger partial charge in [-0.05, 0) is 24.3 Å². The minimum Gasteiger partial charge on any atom is -0.467 e. The number of aromatic amines is 1. The highest BCUT2D eigenvalue weighted by atomic mass is 16.5. The second-order valence-electron chi connectivity index (χ2n) is 6.59. The van der Waals surface area contributed by atoms with Crippen LogP contribution >= 0.6 is 0 Å². The summed E-state index contributed by atoms with van der Waals surface area (Å²) in [5.74, 6) is -1.19. The summed E-state index contributed by atoms with van der Waals surface area (Å²) in [4.78, 5) is 36.1. The number of rotatable bonds is 5. The number of aliphatic hydroxyl groups is 1. The fourth-order valence-electron chi connectivity index (χ4n) is 3.31. The molecular weight excluding hydrogens is 374 g/mol. The zero-order valence-electron chi connectivity index (χ0n) is 15.8. The van der Waals surface area contributed by atoms with Crippen molar-refractivity contribution in [2.75, 3.05) is 13.7 Å². The van der Waals surface area contributed by atoms with Crippen molar-refractivity contribution in [3.8, 4) is 11.3 Å². The number of benzene rings is 1. The van der Waals surface area contributed by atoms with E-state index in [1.54, 1.807) is 24.5 Å². The standard InChI is InChI=1S/C20H19N5O4/c1-25-9-13(14-8-15-18(23-14)22-6-5-21-15)12-7-11(3-4-17(12)25)19(27)24-16(10-26)20(28)29-2/h3-9,16,26H,10H2,1-2H3,(H,22,23)(H,24,27). The van der Waals surface area contributed by atoms with Crippen molar-refractivity contribution >= 4 is 33.9 Å². The van der Waals surface area contributed by atoms with Crippen molar-refractivity contribution < 1.29 is 19.4 Å². The number of aromatic nitrogens is 4. The van der Waals surface area contributed by atoms with Crippen LogP contribution in [-0.2, 0) is 16.6 Å². The lowest BCUT2D eigenvalue weighted by Gasteiger charge is -2.14. The number of fused-ring (bicyclic) bond motifs is 2. The fraction of sp³-hybridized carbons (Fsp3) is 0.200. The van der Waals surface area contributed by atoms with E-state index in [9.17, 15) is 14.7 Å². The molecule has 9 nitrogen and oxygen atoms in total. The first-order valence-corrected chi connectivity index (χ1v) is 8.90. The van der Waals surface area contributed by atoms with Gasteiger partial charge in [0.15, 0.2) is 11.7 Å². The predicted molar refractivity (Wildman–Crippen MR) is 106 cm³/mol. The van der Waals surface area contributed by atoms with Crippen molar-refractivity contribution in [2.45, 2.75) is 6.04 Å². The van der Waals surface area contributed by atoms with Gasteiger partial charge >= 0.3 is 5.97 Å². The van der Waals surface area contributed by atoms with Gasteiger partial charge < -0.3 is 24.7 Å². The lowest BCUT2D eigenvalue weighted by atomic mass is 10.1. The summed E-state index contributed by atoms with van der Waals surface area (Å²) in [6.45, 7) is -0.549. The van der Waals surface area contributed by atoms with Crippen LogP contribution in [0.3, 0.4) is 0 Å². The molecule has 1 atom stereocenters. The highest BCUT2D eigenvalue weighted by Gasteiger charge is 2.22. The summed E-state index contributed by atoms with van der Waals surface area (Å²) in [7, 11) is 3.12. The van der Waals surface area contributed by atoms with Gasteiger partial charge in [-0.25, -0.2) is 9.78 Å². The molecule has 1 amide bonds. The fourth-order valence-corrected chi connectivity index (χ4v) is 3.31. The van der Waals surface area contributed by atoms with Crippen LogP contribution < -0.4 is 5.32 Å². The Bertz CT molecular complexity index is 1190. The Kier molecular flexibility index (Phi) is 4.73. The van der Waals surface area contributed by atoms with Gasteiger partial charge in [0.2, 0.25) is 0 Å². The Hall–Kier alpha value is -3.72. The van der Waals surface area contributed by atoms with Crippen LogP contribution in [0.2, 0.25) is 0 Å². The average molecular weight is 393 g/mol. The predicted octanol–water partition coefficient (Wildman–Crippen LogP) is 1.38. The van der Waals surface area contributed by atoms with Crippen LogP contribution in [0, 0.1) is 0 Å². The number of ether oxygens (including phenoxy) is 1. The van der Waals surface area contributed by atoms with E-state index in [1.165, 1.54) is 7.11 Å². The summed E-state index contributed by atoms with van der Waals surface area (Å²) in [5, 5.41) is 12.7. The molecule has 0 radical (unpaired) electrons. The molecule has 0 aliphatic carbocycles. The quantitative estimate of drug-likeness (QED) is 0.440. The Morgan fingerprint density at radius 1 is 1.28 bits per heavy atom. The second-order valence-corrected chi connectivity index (χ2v) is 6.59. The summed E-state index contributed by atoms with van der Waals surface area (Å²) in [6.07, 6.45) is 5.21. The molecular formula is C20H19N5O4. The number of hydrogen-bond donors (Lipinski definition) is 3. The van der Waals surface area contributed by atoms with E-state index in [2.05, 4.69) is 25.0 Å². The Balaban J connectivity index is 1.74. The van der Waals surface area contributed by atoms with Crippen LogP contribution in [0.1, 0.15) is 10.4 Å². The largest absolute Gasteiger partial charge is 0.467 e. The van der Waals surface area contributed by atoms with Gasteiger partial charge in [0, 0.05) is 47.7 Å². The number of amides is 1. The van der Waals surface area contributed by atoms with Gasteiger partial charge in [-0.1, -0.05) is 0 Å². The van der Waals surface area contributed by atoms with Crippen LogP contribution in [0.25, 0.3) is 33.3 Å². The van der Waals surface area contributed by atoms with Gasteiger partial charge in [0.05, 0.1) is 19.4 Å². The third kappa shape index (κ3) is 3.32. The molecule has 4 rings (SSSR count). The molecule has 9 heteroatoms. The van der Waals surface area contributed by atoms with Crippen LogP contribution in [0.4, 0.5) is 0 Å². The number of carbonyl (C=O) groups is 2. The Morgan fingerprint density at radius 2 is 2.07 bits per heavy atom. The Labute approximate surface area is 165 Å². The van der Waals surface area contributed by atoms with Crippen LogP contribution in [-0.4, -0.2) is 56.3 Å². The third-order valence-corrected chi connectivity index (χ3v) is 4.78. The maximum atomic E-state index is 12.6. The normalized spacial score (nSPS) is 12.2. The summed E-state index contributed by atoms with van der Waals surface area (Å²) < 4.78 is 6.55.